The number of piperidine rings is 1. The highest BCUT2D eigenvalue weighted by Gasteiger charge is 2.26. The van der Waals surface area contributed by atoms with Gasteiger partial charge in [0.15, 0.2) is 0 Å². The standard InChI is InChI=1S/C10H19F3N2/c11-10(12,13)5-1-2-6-15-7-3-9(14)4-8-15/h9H,1-8,14H2. The summed E-state index contributed by atoms with van der Waals surface area (Å²) in [5.41, 5.74) is 5.73. The van der Waals surface area contributed by atoms with E-state index in [2.05, 4.69) is 4.90 Å². The zero-order chi connectivity index (χ0) is 11.3. The normalized spacial score (nSPS) is 20.8. The first-order valence-corrected chi connectivity index (χ1v) is 5.52. The minimum absolute atomic E-state index is 0.242. The predicted octanol–water partition coefficient (Wildman–Crippen LogP) is 2.14. The van der Waals surface area contributed by atoms with Crippen molar-refractivity contribution in [3.8, 4) is 0 Å². The van der Waals surface area contributed by atoms with Gasteiger partial charge in [0.1, 0.15) is 0 Å². The van der Waals surface area contributed by atoms with Crippen LogP contribution in [0.25, 0.3) is 0 Å². The molecule has 0 aromatic heterocycles. The molecule has 0 aromatic rings. The molecule has 0 aromatic carbocycles. The van der Waals surface area contributed by atoms with E-state index in [0.29, 0.717) is 6.42 Å². The molecule has 90 valence electrons. The topological polar surface area (TPSA) is 29.3 Å². The van der Waals surface area contributed by atoms with Crippen molar-refractivity contribution in [2.45, 2.75) is 44.3 Å². The van der Waals surface area contributed by atoms with Crippen molar-refractivity contribution < 1.29 is 13.2 Å². The number of halogens is 3. The van der Waals surface area contributed by atoms with Crippen LogP contribution in [-0.4, -0.2) is 36.8 Å². The van der Waals surface area contributed by atoms with E-state index in [-0.39, 0.29) is 12.5 Å². The third-order valence-electron chi connectivity index (χ3n) is 2.82. The maximum Gasteiger partial charge on any atom is 0.389 e. The summed E-state index contributed by atoms with van der Waals surface area (Å²) in [6.07, 6.45) is -1.83. The fraction of sp³-hybridized carbons (Fsp3) is 1.00. The predicted molar refractivity (Wildman–Crippen MR) is 53.6 cm³/mol. The summed E-state index contributed by atoms with van der Waals surface area (Å²) in [5, 5.41) is 0. The van der Waals surface area contributed by atoms with Gasteiger partial charge in [-0.3, -0.25) is 0 Å². The molecule has 0 bridgehead atoms. The van der Waals surface area contributed by atoms with Crippen molar-refractivity contribution in [2.24, 2.45) is 5.73 Å². The van der Waals surface area contributed by atoms with Crippen LogP contribution in [0, 0.1) is 0 Å². The van der Waals surface area contributed by atoms with E-state index >= 15 is 0 Å². The number of hydrogen-bond donors (Lipinski definition) is 1. The van der Waals surface area contributed by atoms with Crippen LogP contribution in [0.15, 0.2) is 0 Å². The highest BCUT2D eigenvalue weighted by Crippen LogP contribution is 2.22. The number of hydrogen-bond acceptors (Lipinski definition) is 2. The molecular formula is C10H19F3N2. The Labute approximate surface area is 88.6 Å². The molecule has 0 unspecified atom stereocenters. The van der Waals surface area contributed by atoms with Crippen molar-refractivity contribution in [2.75, 3.05) is 19.6 Å². The lowest BCUT2D eigenvalue weighted by Crippen LogP contribution is -2.40. The smallest absolute Gasteiger partial charge is 0.328 e. The molecule has 0 aliphatic carbocycles. The number of rotatable bonds is 4. The summed E-state index contributed by atoms with van der Waals surface area (Å²) >= 11 is 0. The third-order valence-corrected chi connectivity index (χ3v) is 2.82. The van der Waals surface area contributed by atoms with E-state index in [0.717, 1.165) is 32.5 Å². The monoisotopic (exact) mass is 224 g/mol. The molecule has 1 heterocycles. The molecule has 1 rings (SSSR count). The van der Waals surface area contributed by atoms with Gasteiger partial charge in [-0.25, -0.2) is 0 Å². The molecule has 2 nitrogen and oxygen atoms in total. The Morgan fingerprint density at radius 1 is 1.13 bits per heavy atom. The quantitative estimate of drug-likeness (QED) is 0.741. The summed E-state index contributed by atoms with van der Waals surface area (Å²) in [6, 6.07) is 0.288. The summed E-state index contributed by atoms with van der Waals surface area (Å²) in [4.78, 5) is 2.21. The Kier molecular flexibility index (Phi) is 4.86. The maximum absolute atomic E-state index is 11.8. The Bertz CT molecular complexity index is 174. The van der Waals surface area contributed by atoms with Crippen molar-refractivity contribution >= 4 is 0 Å². The van der Waals surface area contributed by atoms with Gasteiger partial charge in [-0.1, -0.05) is 0 Å². The Morgan fingerprint density at radius 3 is 2.27 bits per heavy atom. The molecule has 15 heavy (non-hydrogen) atoms. The summed E-state index contributed by atoms with van der Waals surface area (Å²) in [7, 11) is 0. The van der Waals surface area contributed by atoms with Crippen molar-refractivity contribution in [3.63, 3.8) is 0 Å². The maximum atomic E-state index is 11.8. The van der Waals surface area contributed by atoms with Gasteiger partial charge in [-0.2, -0.15) is 13.2 Å². The fourth-order valence-electron chi connectivity index (χ4n) is 1.84. The molecule has 0 spiro atoms. The molecular weight excluding hydrogens is 205 g/mol. The number of nitrogens with zero attached hydrogens (tertiary/aromatic N) is 1. The van der Waals surface area contributed by atoms with Gasteiger partial charge >= 0.3 is 6.18 Å². The van der Waals surface area contributed by atoms with Crippen LogP contribution in [0.1, 0.15) is 32.1 Å². The van der Waals surface area contributed by atoms with Crippen LogP contribution < -0.4 is 5.73 Å². The van der Waals surface area contributed by atoms with Crippen molar-refractivity contribution in [1.82, 2.24) is 4.90 Å². The number of likely N-dealkylation sites (tertiary alicyclic amines) is 1. The van der Waals surface area contributed by atoms with Crippen LogP contribution in [0.4, 0.5) is 13.2 Å². The van der Waals surface area contributed by atoms with Crippen molar-refractivity contribution in [1.29, 1.82) is 0 Å². The molecule has 0 saturated carbocycles. The van der Waals surface area contributed by atoms with Crippen LogP contribution >= 0.6 is 0 Å². The highest BCUT2D eigenvalue weighted by molar-refractivity contribution is 4.73. The number of alkyl halides is 3. The van der Waals surface area contributed by atoms with Gasteiger partial charge in [-0.15, -0.1) is 0 Å². The SMILES string of the molecule is NC1CCN(CCCCC(F)(F)F)CC1. The van der Waals surface area contributed by atoms with E-state index in [1.807, 2.05) is 0 Å². The molecule has 0 radical (unpaired) electrons. The average molecular weight is 224 g/mol. The summed E-state index contributed by atoms with van der Waals surface area (Å²) in [6.45, 7) is 2.66. The van der Waals surface area contributed by atoms with Crippen LogP contribution in [-0.2, 0) is 0 Å². The minimum Gasteiger partial charge on any atom is -0.328 e. The van der Waals surface area contributed by atoms with Crippen LogP contribution in [0.2, 0.25) is 0 Å². The van der Waals surface area contributed by atoms with E-state index in [4.69, 9.17) is 5.73 Å². The molecule has 0 atom stereocenters. The zero-order valence-electron chi connectivity index (χ0n) is 8.89. The zero-order valence-corrected chi connectivity index (χ0v) is 8.89. The largest absolute Gasteiger partial charge is 0.389 e. The van der Waals surface area contributed by atoms with Gasteiger partial charge < -0.3 is 10.6 Å². The first-order valence-electron chi connectivity index (χ1n) is 5.52. The van der Waals surface area contributed by atoms with E-state index in [1.54, 1.807) is 0 Å². The minimum atomic E-state index is -4.00. The van der Waals surface area contributed by atoms with Gasteiger partial charge in [-0.05, 0) is 45.3 Å². The lowest BCUT2D eigenvalue weighted by molar-refractivity contribution is -0.135. The molecule has 1 aliphatic heterocycles. The molecule has 1 saturated heterocycles. The van der Waals surface area contributed by atoms with Gasteiger partial charge in [0.2, 0.25) is 0 Å². The molecule has 5 heteroatoms. The summed E-state index contributed by atoms with van der Waals surface area (Å²) in [5.74, 6) is 0. The molecule has 1 aliphatic rings. The Balaban J connectivity index is 2.01. The van der Waals surface area contributed by atoms with Crippen molar-refractivity contribution in [3.05, 3.63) is 0 Å². The lowest BCUT2D eigenvalue weighted by Gasteiger charge is -2.29. The second-order valence-corrected chi connectivity index (χ2v) is 4.25. The number of unbranched alkanes of at least 4 members (excludes halogenated alkanes) is 1. The van der Waals surface area contributed by atoms with Crippen LogP contribution in [0.3, 0.4) is 0 Å². The summed E-state index contributed by atoms with van der Waals surface area (Å²) < 4.78 is 35.5. The van der Waals surface area contributed by atoms with Gasteiger partial charge in [0.25, 0.3) is 0 Å². The van der Waals surface area contributed by atoms with E-state index in [9.17, 15) is 13.2 Å². The van der Waals surface area contributed by atoms with E-state index in [1.165, 1.54) is 0 Å². The second kappa shape index (κ2) is 5.70. The average Bonchev–Trinajstić information content (AvgIpc) is 2.14. The Hall–Kier alpha value is -0.290. The van der Waals surface area contributed by atoms with E-state index < -0.39 is 12.6 Å². The molecule has 1 fully saturated rings. The van der Waals surface area contributed by atoms with Gasteiger partial charge in [0.05, 0.1) is 0 Å². The first kappa shape index (κ1) is 12.8. The second-order valence-electron chi connectivity index (χ2n) is 4.25. The Morgan fingerprint density at radius 2 is 1.73 bits per heavy atom. The number of nitrogens with two attached hydrogens (primary N) is 1. The molecule has 0 amide bonds. The van der Waals surface area contributed by atoms with Crippen LogP contribution in [0.5, 0.6) is 0 Å². The fourth-order valence-corrected chi connectivity index (χ4v) is 1.84. The molecule has 2 N–H and O–H groups in total. The first-order chi connectivity index (χ1) is 6.97. The highest BCUT2D eigenvalue weighted by atomic mass is 19.4. The lowest BCUT2D eigenvalue weighted by atomic mass is 10.1. The third kappa shape index (κ3) is 5.99. The van der Waals surface area contributed by atoms with Gasteiger partial charge in [0, 0.05) is 12.5 Å².